The quantitative estimate of drug-likeness (QED) is 0.576. The van der Waals surface area contributed by atoms with Crippen LogP contribution in [0.2, 0.25) is 0 Å². The molecule has 2 aromatic heterocycles. The summed E-state index contributed by atoms with van der Waals surface area (Å²) in [6.07, 6.45) is 2.66. The van der Waals surface area contributed by atoms with Crippen LogP contribution in [0.25, 0.3) is 22.2 Å². The zero-order chi connectivity index (χ0) is 15.7. The summed E-state index contributed by atoms with van der Waals surface area (Å²) >= 11 is 0. The molecule has 120 valence electrons. The van der Waals surface area contributed by atoms with Gasteiger partial charge in [-0.15, -0.1) is 12.4 Å². The van der Waals surface area contributed by atoms with Crippen LogP contribution in [0.5, 0.6) is 5.75 Å². The van der Waals surface area contributed by atoms with Gasteiger partial charge in [-0.2, -0.15) is 0 Å². The lowest BCUT2D eigenvalue weighted by molar-refractivity contribution is -0.135. The highest BCUT2D eigenvalue weighted by molar-refractivity contribution is 5.85. The van der Waals surface area contributed by atoms with Crippen LogP contribution in [-0.4, -0.2) is 17.2 Å². The largest absolute Gasteiger partial charge is 0.463 e. The topological polar surface area (TPSA) is 109 Å². The Labute approximate surface area is 136 Å². The van der Waals surface area contributed by atoms with Crippen LogP contribution in [0.4, 0.5) is 0 Å². The fourth-order valence-electron chi connectivity index (χ4n) is 1.91. The molecule has 0 fully saturated rings. The van der Waals surface area contributed by atoms with E-state index in [0.717, 1.165) is 0 Å². The Balaban J connectivity index is 0.00000192. The van der Waals surface area contributed by atoms with E-state index >= 15 is 0 Å². The second-order valence-electron chi connectivity index (χ2n) is 4.73. The van der Waals surface area contributed by atoms with Crippen LogP contribution in [0.15, 0.2) is 50.5 Å². The number of ether oxygens (including phenoxy) is 1. The van der Waals surface area contributed by atoms with Gasteiger partial charge in [0.15, 0.2) is 0 Å². The van der Waals surface area contributed by atoms with Crippen molar-refractivity contribution in [2.24, 2.45) is 5.73 Å². The second-order valence-corrected chi connectivity index (χ2v) is 4.73. The highest BCUT2D eigenvalue weighted by atomic mass is 35.5. The van der Waals surface area contributed by atoms with E-state index in [-0.39, 0.29) is 23.6 Å². The Morgan fingerprint density at radius 2 is 2.13 bits per heavy atom. The summed E-state index contributed by atoms with van der Waals surface area (Å²) in [5.74, 6) is -0.312. The number of nitrogens with zero attached hydrogens (tertiary/aromatic N) is 1. The zero-order valence-electron chi connectivity index (χ0n) is 12.0. The lowest BCUT2D eigenvalue weighted by Crippen LogP contribution is -2.30. The van der Waals surface area contributed by atoms with Crippen molar-refractivity contribution >= 4 is 29.3 Å². The number of esters is 1. The summed E-state index contributed by atoms with van der Waals surface area (Å²) in [6.45, 7) is 1.52. The molecule has 3 rings (SSSR count). The molecule has 0 saturated heterocycles. The smallest absolute Gasteiger partial charge is 0.328 e. The Kier molecular flexibility index (Phi) is 4.83. The lowest BCUT2D eigenvalue weighted by Gasteiger charge is -2.07. The van der Waals surface area contributed by atoms with Crippen molar-refractivity contribution in [1.29, 1.82) is 0 Å². The Hall–Kier alpha value is -2.64. The minimum atomic E-state index is -0.739. The van der Waals surface area contributed by atoms with Crippen molar-refractivity contribution in [2.75, 3.05) is 0 Å². The fraction of sp³-hybridized carbons (Fsp3) is 0.133. The molecule has 2 heterocycles. The molecule has 1 aromatic carbocycles. The lowest BCUT2D eigenvalue weighted by atomic mass is 10.1. The molecule has 0 aliphatic carbocycles. The number of hydrogen-bond acceptors (Lipinski definition) is 7. The van der Waals surface area contributed by atoms with Crippen molar-refractivity contribution in [3.63, 3.8) is 0 Å². The average Bonchev–Trinajstić information content (AvgIpc) is 3.01. The van der Waals surface area contributed by atoms with E-state index in [2.05, 4.69) is 5.16 Å². The summed E-state index contributed by atoms with van der Waals surface area (Å²) in [4.78, 5) is 23.9. The third-order valence-corrected chi connectivity index (χ3v) is 3.05. The normalized spacial score (nSPS) is 11.7. The van der Waals surface area contributed by atoms with Gasteiger partial charge >= 0.3 is 5.97 Å². The van der Waals surface area contributed by atoms with Gasteiger partial charge in [0.2, 0.25) is 5.43 Å². The first kappa shape index (κ1) is 16.7. The highest BCUT2D eigenvalue weighted by Crippen LogP contribution is 2.22. The van der Waals surface area contributed by atoms with E-state index in [9.17, 15) is 9.59 Å². The van der Waals surface area contributed by atoms with Gasteiger partial charge in [0, 0.05) is 12.1 Å². The summed E-state index contributed by atoms with van der Waals surface area (Å²) in [6, 6.07) is 5.32. The van der Waals surface area contributed by atoms with Crippen LogP contribution < -0.4 is 15.9 Å². The van der Waals surface area contributed by atoms with Crippen LogP contribution in [-0.2, 0) is 4.79 Å². The molecule has 0 aliphatic rings. The van der Waals surface area contributed by atoms with Gasteiger partial charge in [-0.05, 0) is 19.1 Å². The number of halogens is 1. The van der Waals surface area contributed by atoms with Crippen molar-refractivity contribution < 1.29 is 18.5 Å². The predicted molar refractivity (Wildman–Crippen MR) is 84.5 cm³/mol. The molecule has 1 atom stereocenters. The van der Waals surface area contributed by atoms with Crippen LogP contribution in [0.3, 0.4) is 0 Å². The molecule has 0 aliphatic heterocycles. The Morgan fingerprint density at radius 3 is 2.78 bits per heavy atom. The van der Waals surface area contributed by atoms with E-state index in [4.69, 9.17) is 19.4 Å². The third kappa shape index (κ3) is 3.25. The monoisotopic (exact) mass is 336 g/mol. The van der Waals surface area contributed by atoms with Gasteiger partial charge in [-0.3, -0.25) is 4.79 Å². The number of carbonyl (C=O) groups excluding carboxylic acids is 1. The van der Waals surface area contributed by atoms with Gasteiger partial charge in [-0.1, -0.05) is 5.16 Å². The van der Waals surface area contributed by atoms with E-state index in [1.54, 1.807) is 6.07 Å². The minimum absolute atomic E-state index is 0. The van der Waals surface area contributed by atoms with Gasteiger partial charge in [0.1, 0.15) is 35.6 Å². The van der Waals surface area contributed by atoms with Crippen LogP contribution >= 0.6 is 12.4 Å². The molecule has 7 nitrogen and oxygen atoms in total. The van der Waals surface area contributed by atoms with Gasteiger partial charge < -0.3 is 19.4 Å². The molecule has 23 heavy (non-hydrogen) atoms. The number of hydrogen-bond donors (Lipinski definition) is 1. The van der Waals surface area contributed by atoms with Crippen molar-refractivity contribution in [1.82, 2.24) is 5.16 Å². The number of fused-ring (bicyclic) bond motifs is 1. The number of nitrogens with two attached hydrogens (primary N) is 1. The third-order valence-electron chi connectivity index (χ3n) is 3.05. The maximum absolute atomic E-state index is 12.4. The standard InChI is InChI=1S/C15H12N2O5.ClH/c1-8(16)15(19)22-9-2-3-10-13(6-9)20-7-11(14(10)18)12-4-5-21-17-12;/h2-8H,16H2,1H3;1H/t8-;/m0./s1. The maximum atomic E-state index is 12.4. The summed E-state index contributed by atoms with van der Waals surface area (Å²) in [5.41, 5.74) is 6.16. The van der Waals surface area contributed by atoms with E-state index in [1.165, 1.54) is 37.6 Å². The van der Waals surface area contributed by atoms with Gasteiger partial charge in [0.25, 0.3) is 0 Å². The minimum Gasteiger partial charge on any atom is -0.463 e. The average molecular weight is 337 g/mol. The molecule has 0 spiro atoms. The molecule has 3 aromatic rings. The van der Waals surface area contributed by atoms with Crippen molar-refractivity contribution in [2.45, 2.75) is 13.0 Å². The molecule has 0 bridgehead atoms. The molecule has 0 radical (unpaired) electrons. The van der Waals surface area contributed by atoms with Crippen LogP contribution in [0.1, 0.15) is 6.92 Å². The maximum Gasteiger partial charge on any atom is 0.328 e. The molecule has 0 saturated carbocycles. The van der Waals surface area contributed by atoms with E-state index in [1.807, 2.05) is 0 Å². The number of aromatic nitrogens is 1. The zero-order valence-corrected chi connectivity index (χ0v) is 12.8. The molecule has 8 heteroatoms. The first-order valence-electron chi connectivity index (χ1n) is 6.50. The van der Waals surface area contributed by atoms with E-state index < -0.39 is 12.0 Å². The number of benzene rings is 1. The second kappa shape index (κ2) is 6.64. The molecule has 2 N–H and O–H groups in total. The summed E-state index contributed by atoms with van der Waals surface area (Å²) in [5, 5.41) is 4.06. The first-order valence-corrected chi connectivity index (χ1v) is 6.50. The fourth-order valence-corrected chi connectivity index (χ4v) is 1.91. The van der Waals surface area contributed by atoms with E-state index in [0.29, 0.717) is 22.2 Å². The molecular weight excluding hydrogens is 324 g/mol. The number of carbonyl (C=O) groups is 1. The Morgan fingerprint density at radius 1 is 1.35 bits per heavy atom. The van der Waals surface area contributed by atoms with Crippen molar-refractivity contribution in [3.8, 4) is 17.0 Å². The number of rotatable bonds is 3. The first-order chi connectivity index (χ1) is 10.6. The molecular formula is C15H13ClN2O5. The van der Waals surface area contributed by atoms with Crippen LogP contribution in [0, 0.1) is 0 Å². The summed E-state index contributed by atoms with van der Waals surface area (Å²) in [7, 11) is 0. The summed E-state index contributed by atoms with van der Waals surface area (Å²) < 4.78 is 15.2. The molecule has 0 unspecified atom stereocenters. The molecule has 0 amide bonds. The SMILES string of the molecule is C[C@H](N)C(=O)Oc1ccc2c(=O)c(-c3ccon3)coc2c1.Cl. The van der Waals surface area contributed by atoms with Gasteiger partial charge in [-0.25, -0.2) is 4.79 Å². The van der Waals surface area contributed by atoms with Gasteiger partial charge in [0.05, 0.1) is 10.9 Å². The Bertz CT molecular complexity index is 887. The van der Waals surface area contributed by atoms with Crippen molar-refractivity contribution in [3.05, 3.63) is 47.0 Å². The predicted octanol–water partition coefficient (Wildman–Crippen LogP) is 2.12. The highest BCUT2D eigenvalue weighted by Gasteiger charge is 2.14.